The van der Waals surface area contributed by atoms with Gasteiger partial charge < -0.3 is 19.5 Å². The smallest absolute Gasteiger partial charge is 0.416 e. The molecule has 116 valence electrons. The molecule has 1 aromatic carbocycles. The van der Waals surface area contributed by atoms with Crippen molar-refractivity contribution in [3.63, 3.8) is 0 Å². The van der Waals surface area contributed by atoms with E-state index in [1.54, 1.807) is 0 Å². The van der Waals surface area contributed by atoms with Gasteiger partial charge in [-0.15, -0.1) is 0 Å². The van der Waals surface area contributed by atoms with Crippen LogP contribution < -0.4 is 4.74 Å². The monoisotopic (exact) mass is 305 g/mol. The zero-order chi connectivity index (χ0) is 15.6. The molecule has 0 aliphatic carbocycles. The first-order valence-corrected chi connectivity index (χ1v) is 6.18. The van der Waals surface area contributed by atoms with Crippen LogP contribution in [0.5, 0.6) is 11.5 Å². The van der Waals surface area contributed by atoms with E-state index in [2.05, 4.69) is 4.74 Å². The number of aromatic hydroxyl groups is 1. The average Bonchev–Trinajstić information content (AvgIpc) is 2.46. The van der Waals surface area contributed by atoms with Crippen LogP contribution in [0.1, 0.15) is 10.4 Å². The predicted octanol–water partition coefficient (Wildman–Crippen LogP) is 1.80. The molecule has 2 rings (SSSR count). The molecule has 0 radical (unpaired) electrons. The molecule has 1 amide bonds. The Bertz CT molecular complexity index is 533. The zero-order valence-corrected chi connectivity index (χ0v) is 11.2. The fourth-order valence-electron chi connectivity index (χ4n) is 2.06. The number of phenols is 1. The van der Waals surface area contributed by atoms with Crippen LogP contribution in [0.25, 0.3) is 0 Å². The van der Waals surface area contributed by atoms with Crippen LogP contribution in [0, 0.1) is 0 Å². The highest BCUT2D eigenvalue weighted by atomic mass is 19.4. The van der Waals surface area contributed by atoms with E-state index in [1.165, 1.54) is 25.3 Å². The number of methoxy groups -OCH3 is 1. The number of hydrogen-bond acceptors (Lipinski definition) is 4. The van der Waals surface area contributed by atoms with Crippen LogP contribution in [0.3, 0.4) is 0 Å². The molecule has 0 bridgehead atoms. The summed E-state index contributed by atoms with van der Waals surface area (Å²) in [4.78, 5) is 13.3. The Morgan fingerprint density at radius 1 is 1.48 bits per heavy atom. The van der Waals surface area contributed by atoms with Gasteiger partial charge in [-0.25, -0.2) is 0 Å². The summed E-state index contributed by atoms with van der Waals surface area (Å²) < 4.78 is 47.4. The fraction of sp³-hybridized carbons (Fsp3) is 0.462. The van der Waals surface area contributed by atoms with E-state index in [9.17, 15) is 23.1 Å². The summed E-state index contributed by atoms with van der Waals surface area (Å²) in [6.45, 7) is -0.776. The highest BCUT2D eigenvalue weighted by molar-refractivity contribution is 5.97. The minimum atomic E-state index is -4.53. The van der Waals surface area contributed by atoms with Gasteiger partial charge in [0.05, 0.1) is 25.8 Å². The van der Waals surface area contributed by atoms with Gasteiger partial charge in [-0.3, -0.25) is 4.79 Å². The summed E-state index contributed by atoms with van der Waals surface area (Å²) in [6.07, 6.45) is -6.54. The molecule has 0 spiro atoms. The summed E-state index contributed by atoms with van der Waals surface area (Å²) in [5.41, 5.74) is -0.0998. The standard InChI is InChI=1S/C13H14F3NO4/c1-20-9-4-2-3-8(11(9)18)12(19)17-5-6-21-10(7-17)13(14,15)16/h2-4,10,18H,5-7H2,1H3. The third kappa shape index (κ3) is 3.21. The molecule has 0 aromatic heterocycles. The van der Waals surface area contributed by atoms with E-state index in [4.69, 9.17) is 4.74 Å². The maximum atomic E-state index is 12.6. The number of para-hydroxylation sites is 1. The maximum absolute atomic E-state index is 12.6. The first kappa shape index (κ1) is 15.4. The van der Waals surface area contributed by atoms with Crippen LogP contribution in [0.15, 0.2) is 18.2 Å². The van der Waals surface area contributed by atoms with Crippen molar-refractivity contribution in [3.8, 4) is 11.5 Å². The molecule has 1 fully saturated rings. The molecule has 1 aliphatic heterocycles. The molecule has 1 heterocycles. The Morgan fingerprint density at radius 3 is 2.81 bits per heavy atom. The van der Waals surface area contributed by atoms with Crippen molar-refractivity contribution >= 4 is 5.91 Å². The number of amides is 1. The summed E-state index contributed by atoms with van der Waals surface area (Å²) in [5.74, 6) is -0.995. The van der Waals surface area contributed by atoms with Crippen LogP contribution in [-0.2, 0) is 4.74 Å². The topological polar surface area (TPSA) is 59.0 Å². The Labute approximate surface area is 118 Å². The molecule has 1 atom stereocenters. The molecular weight excluding hydrogens is 291 g/mol. The van der Waals surface area contributed by atoms with Crippen molar-refractivity contribution in [2.24, 2.45) is 0 Å². The molecule has 1 aliphatic rings. The summed E-state index contributed by atoms with van der Waals surface area (Å²) in [5, 5.41) is 9.89. The van der Waals surface area contributed by atoms with E-state index < -0.39 is 24.7 Å². The molecule has 1 aromatic rings. The van der Waals surface area contributed by atoms with Gasteiger partial charge in [0, 0.05) is 6.54 Å². The number of hydrogen-bond donors (Lipinski definition) is 1. The zero-order valence-electron chi connectivity index (χ0n) is 11.2. The number of alkyl halides is 3. The van der Waals surface area contributed by atoms with E-state index in [1.807, 2.05) is 0 Å². The van der Waals surface area contributed by atoms with Crippen molar-refractivity contribution in [1.29, 1.82) is 0 Å². The number of rotatable bonds is 2. The van der Waals surface area contributed by atoms with Crippen molar-refractivity contribution in [1.82, 2.24) is 4.90 Å². The third-order valence-corrected chi connectivity index (χ3v) is 3.17. The lowest BCUT2D eigenvalue weighted by atomic mass is 10.1. The van der Waals surface area contributed by atoms with Crippen LogP contribution in [0.2, 0.25) is 0 Å². The molecule has 8 heteroatoms. The van der Waals surface area contributed by atoms with Crippen molar-refractivity contribution < 1.29 is 32.5 Å². The maximum Gasteiger partial charge on any atom is 0.416 e. The minimum absolute atomic E-state index is 0.0298. The van der Waals surface area contributed by atoms with E-state index in [0.717, 1.165) is 4.90 Å². The van der Waals surface area contributed by atoms with Gasteiger partial charge in [0.15, 0.2) is 17.6 Å². The van der Waals surface area contributed by atoms with Gasteiger partial charge in [-0.1, -0.05) is 6.07 Å². The Kier molecular flexibility index (Phi) is 4.26. The second-order valence-electron chi connectivity index (χ2n) is 4.51. The number of phenolic OH excluding ortho intramolecular Hbond substituents is 1. The van der Waals surface area contributed by atoms with Gasteiger partial charge >= 0.3 is 6.18 Å². The van der Waals surface area contributed by atoms with Crippen molar-refractivity contribution in [2.45, 2.75) is 12.3 Å². The normalized spacial score (nSPS) is 19.4. The number of carbonyl (C=O) groups excluding carboxylic acids is 1. The minimum Gasteiger partial charge on any atom is -0.504 e. The van der Waals surface area contributed by atoms with E-state index >= 15 is 0 Å². The second kappa shape index (κ2) is 5.80. The molecular formula is C13H14F3NO4. The van der Waals surface area contributed by atoms with Gasteiger partial charge in [-0.05, 0) is 12.1 Å². The number of halogens is 3. The largest absolute Gasteiger partial charge is 0.504 e. The predicted molar refractivity (Wildman–Crippen MR) is 66.4 cm³/mol. The lowest BCUT2D eigenvalue weighted by Crippen LogP contribution is -2.51. The number of benzene rings is 1. The van der Waals surface area contributed by atoms with Crippen LogP contribution in [-0.4, -0.2) is 55.0 Å². The summed E-state index contributed by atoms with van der Waals surface area (Å²) >= 11 is 0. The molecule has 1 N–H and O–H groups in total. The SMILES string of the molecule is COc1cccc(C(=O)N2CCOC(C(F)(F)F)C2)c1O. The fourth-order valence-corrected chi connectivity index (χ4v) is 2.06. The number of ether oxygens (including phenoxy) is 2. The highest BCUT2D eigenvalue weighted by Crippen LogP contribution is 2.31. The third-order valence-electron chi connectivity index (χ3n) is 3.17. The Morgan fingerprint density at radius 2 is 2.19 bits per heavy atom. The lowest BCUT2D eigenvalue weighted by molar-refractivity contribution is -0.233. The number of carbonyl (C=O) groups is 1. The number of morpholine rings is 1. The molecule has 0 saturated carbocycles. The van der Waals surface area contributed by atoms with Gasteiger partial charge in [-0.2, -0.15) is 13.2 Å². The Balaban J connectivity index is 2.20. The van der Waals surface area contributed by atoms with Crippen molar-refractivity contribution in [3.05, 3.63) is 23.8 Å². The number of nitrogens with zero attached hydrogens (tertiary/aromatic N) is 1. The van der Waals surface area contributed by atoms with Crippen molar-refractivity contribution in [2.75, 3.05) is 26.8 Å². The summed E-state index contributed by atoms with van der Waals surface area (Å²) in [6, 6.07) is 4.26. The first-order valence-electron chi connectivity index (χ1n) is 6.18. The summed E-state index contributed by atoms with van der Waals surface area (Å²) in [7, 11) is 1.32. The quantitative estimate of drug-likeness (QED) is 0.905. The first-order chi connectivity index (χ1) is 9.84. The molecule has 21 heavy (non-hydrogen) atoms. The van der Waals surface area contributed by atoms with Gasteiger partial charge in [0.25, 0.3) is 5.91 Å². The van der Waals surface area contributed by atoms with Gasteiger partial charge in [0.1, 0.15) is 0 Å². The molecule has 5 nitrogen and oxygen atoms in total. The molecule has 1 unspecified atom stereocenters. The highest BCUT2D eigenvalue weighted by Gasteiger charge is 2.44. The Hall–Kier alpha value is -1.96. The van der Waals surface area contributed by atoms with Gasteiger partial charge in [0.2, 0.25) is 0 Å². The second-order valence-corrected chi connectivity index (χ2v) is 4.51. The molecule has 1 saturated heterocycles. The average molecular weight is 305 g/mol. The lowest BCUT2D eigenvalue weighted by Gasteiger charge is -2.34. The van der Waals surface area contributed by atoms with E-state index in [0.29, 0.717) is 0 Å². The van der Waals surface area contributed by atoms with Crippen LogP contribution >= 0.6 is 0 Å². The van der Waals surface area contributed by atoms with Crippen LogP contribution in [0.4, 0.5) is 13.2 Å². The van der Waals surface area contributed by atoms with E-state index in [-0.39, 0.29) is 30.2 Å².